The number of aryl methyl sites for hydroxylation is 1. The van der Waals surface area contributed by atoms with E-state index in [-0.39, 0.29) is 5.41 Å². The van der Waals surface area contributed by atoms with Gasteiger partial charge in [-0.15, -0.1) is 0 Å². The summed E-state index contributed by atoms with van der Waals surface area (Å²) < 4.78 is 0.993. The van der Waals surface area contributed by atoms with E-state index < -0.39 is 0 Å². The zero-order chi connectivity index (χ0) is 16.2. The molecule has 118 valence electrons. The van der Waals surface area contributed by atoms with E-state index in [1.165, 1.54) is 29.5 Å². The fourth-order valence-electron chi connectivity index (χ4n) is 4.52. The summed E-state index contributed by atoms with van der Waals surface area (Å²) in [6, 6.07) is 15.0. The molecule has 0 fully saturated rings. The molecule has 4 rings (SSSR count). The Bertz CT molecular complexity index is 790. The summed E-state index contributed by atoms with van der Waals surface area (Å²) in [5.74, 6) is 1.19. The maximum atomic E-state index is 12.9. The maximum Gasteiger partial charge on any atom is 0.169 e. The van der Waals surface area contributed by atoms with Crippen molar-refractivity contribution in [3.8, 4) is 0 Å². The van der Waals surface area contributed by atoms with Crippen LogP contribution >= 0.6 is 15.9 Å². The lowest BCUT2D eigenvalue weighted by molar-refractivity contribution is 0.0827. The molecule has 2 aromatic rings. The van der Waals surface area contributed by atoms with E-state index >= 15 is 0 Å². The zero-order valence-electron chi connectivity index (χ0n) is 13.6. The summed E-state index contributed by atoms with van der Waals surface area (Å²) in [4.78, 5) is 12.9. The van der Waals surface area contributed by atoms with Crippen LogP contribution in [0.25, 0.3) is 0 Å². The Morgan fingerprint density at radius 2 is 1.91 bits per heavy atom. The van der Waals surface area contributed by atoms with Crippen molar-refractivity contribution < 1.29 is 4.79 Å². The van der Waals surface area contributed by atoms with E-state index in [0.717, 1.165) is 16.5 Å². The minimum Gasteiger partial charge on any atom is -0.294 e. The molecule has 0 saturated heterocycles. The van der Waals surface area contributed by atoms with Crippen LogP contribution < -0.4 is 0 Å². The average Bonchev–Trinajstić information content (AvgIpc) is 3.02. The molecule has 0 spiro atoms. The molecule has 2 aliphatic rings. The van der Waals surface area contributed by atoms with Gasteiger partial charge in [-0.1, -0.05) is 60.1 Å². The van der Waals surface area contributed by atoms with Gasteiger partial charge in [0.2, 0.25) is 0 Å². The molecule has 2 atom stereocenters. The summed E-state index contributed by atoms with van der Waals surface area (Å²) in [6.45, 7) is 4.24. The number of benzene rings is 2. The molecular formula is C21H21BrO. The normalized spacial score (nSPS) is 24.6. The zero-order valence-corrected chi connectivity index (χ0v) is 15.2. The highest BCUT2D eigenvalue weighted by Crippen LogP contribution is 2.53. The molecular weight excluding hydrogens is 348 g/mol. The minimum atomic E-state index is -0.305. The van der Waals surface area contributed by atoms with Crippen molar-refractivity contribution in [2.75, 3.05) is 0 Å². The first-order chi connectivity index (χ1) is 11.0. The van der Waals surface area contributed by atoms with Crippen LogP contribution in [-0.2, 0) is 6.42 Å². The first-order valence-corrected chi connectivity index (χ1v) is 9.20. The first kappa shape index (κ1) is 15.1. The van der Waals surface area contributed by atoms with Crippen molar-refractivity contribution in [1.82, 2.24) is 0 Å². The third-order valence-corrected chi connectivity index (χ3v) is 6.36. The smallest absolute Gasteiger partial charge is 0.169 e. The van der Waals surface area contributed by atoms with Crippen LogP contribution in [0.1, 0.15) is 65.6 Å². The van der Waals surface area contributed by atoms with Crippen LogP contribution in [0, 0.1) is 5.41 Å². The largest absolute Gasteiger partial charge is 0.294 e. The van der Waals surface area contributed by atoms with Gasteiger partial charge in [0.1, 0.15) is 0 Å². The van der Waals surface area contributed by atoms with Crippen LogP contribution in [-0.4, -0.2) is 5.78 Å². The quantitative estimate of drug-likeness (QED) is 0.647. The van der Waals surface area contributed by atoms with Gasteiger partial charge in [0.15, 0.2) is 5.78 Å². The molecule has 1 nitrogen and oxygen atoms in total. The Balaban J connectivity index is 1.71. The van der Waals surface area contributed by atoms with E-state index in [2.05, 4.69) is 66.2 Å². The molecule has 0 aromatic heterocycles. The van der Waals surface area contributed by atoms with Crippen molar-refractivity contribution in [2.24, 2.45) is 5.41 Å². The van der Waals surface area contributed by atoms with Gasteiger partial charge in [0.25, 0.3) is 0 Å². The highest BCUT2D eigenvalue weighted by atomic mass is 79.9. The second-order valence-electron chi connectivity index (χ2n) is 7.51. The number of carbonyl (C=O) groups excluding carboxylic acids is 1. The van der Waals surface area contributed by atoms with Crippen molar-refractivity contribution in [1.29, 1.82) is 0 Å². The van der Waals surface area contributed by atoms with Crippen molar-refractivity contribution in [3.05, 3.63) is 69.2 Å². The average molecular weight is 369 g/mol. The lowest BCUT2D eigenvalue weighted by Gasteiger charge is -2.28. The molecule has 0 aliphatic heterocycles. The van der Waals surface area contributed by atoms with Crippen molar-refractivity contribution in [3.63, 3.8) is 0 Å². The summed E-state index contributed by atoms with van der Waals surface area (Å²) in [6.07, 6.45) is 3.46. The number of rotatable bonds is 2. The monoisotopic (exact) mass is 368 g/mol. The van der Waals surface area contributed by atoms with Gasteiger partial charge in [0, 0.05) is 15.5 Å². The number of Topliss-reactive ketones (excluding diaryl/α,β-unsaturated/α-hetero) is 1. The summed E-state index contributed by atoms with van der Waals surface area (Å²) in [5.41, 5.74) is 4.85. The molecule has 0 N–H and O–H groups in total. The first-order valence-electron chi connectivity index (χ1n) is 8.40. The predicted octanol–water partition coefficient (Wildman–Crippen LogP) is 5.88. The Morgan fingerprint density at radius 3 is 2.74 bits per heavy atom. The van der Waals surface area contributed by atoms with E-state index in [9.17, 15) is 4.79 Å². The lowest BCUT2D eigenvalue weighted by atomic mass is 9.73. The Hall–Kier alpha value is -1.41. The molecule has 23 heavy (non-hydrogen) atoms. The summed E-state index contributed by atoms with van der Waals surface area (Å²) >= 11 is 3.51. The van der Waals surface area contributed by atoms with Gasteiger partial charge < -0.3 is 0 Å². The predicted molar refractivity (Wildman–Crippen MR) is 97.1 cm³/mol. The Kier molecular flexibility index (Phi) is 3.49. The van der Waals surface area contributed by atoms with Gasteiger partial charge in [-0.2, -0.15) is 0 Å². The third-order valence-electron chi connectivity index (χ3n) is 5.87. The van der Waals surface area contributed by atoms with Gasteiger partial charge in [-0.3, -0.25) is 4.79 Å². The number of fused-ring (bicyclic) bond motifs is 2. The molecule has 2 aliphatic carbocycles. The van der Waals surface area contributed by atoms with Crippen LogP contribution in [0.2, 0.25) is 0 Å². The number of hydrogen-bond donors (Lipinski definition) is 0. The number of halogens is 1. The molecule has 0 bridgehead atoms. The highest BCUT2D eigenvalue weighted by Gasteiger charge is 2.47. The van der Waals surface area contributed by atoms with Crippen molar-refractivity contribution >= 4 is 21.7 Å². The third kappa shape index (κ3) is 2.30. The van der Waals surface area contributed by atoms with E-state index in [1.807, 2.05) is 6.07 Å². The number of hydrogen-bond acceptors (Lipinski definition) is 1. The molecule has 0 radical (unpaired) electrons. The summed E-state index contributed by atoms with van der Waals surface area (Å²) in [5, 5.41) is 0. The molecule has 0 saturated carbocycles. The lowest BCUT2D eigenvalue weighted by Crippen LogP contribution is -2.25. The minimum absolute atomic E-state index is 0.296. The summed E-state index contributed by atoms with van der Waals surface area (Å²) in [7, 11) is 0. The molecule has 2 heteroatoms. The van der Waals surface area contributed by atoms with Gasteiger partial charge in [-0.05, 0) is 59.9 Å². The van der Waals surface area contributed by atoms with Gasteiger partial charge in [-0.25, -0.2) is 0 Å². The number of ketones is 1. The fourth-order valence-corrected chi connectivity index (χ4v) is 4.88. The van der Waals surface area contributed by atoms with Gasteiger partial charge in [0.05, 0.1) is 0 Å². The number of carbonyl (C=O) groups is 1. The Morgan fingerprint density at radius 1 is 1.13 bits per heavy atom. The van der Waals surface area contributed by atoms with Crippen LogP contribution in [0.15, 0.2) is 46.9 Å². The Labute approximate surface area is 146 Å². The van der Waals surface area contributed by atoms with Crippen LogP contribution in [0.5, 0.6) is 0 Å². The highest BCUT2D eigenvalue weighted by molar-refractivity contribution is 9.10. The fraction of sp³-hybridized carbons (Fsp3) is 0.381. The molecule has 2 aromatic carbocycles. The molecule has 0 amide bonds. The van der Waals surface area contributed by atoms with E-state index in [1.54, 1.807) is 0 Å². The maximum absolute atomic E-state index is 12.9. The van der Waals surface area contributed by atoms with E-state index in [4.69, 9.17) is 0 Å². The molecule has 0 heterocycles. The standard InChI is InChI=1S/C21H21BrO/c1-21(2)19(17-10-9-15(22)12-18(17)20(21)23)11-14-8-7-13-5-3-4-6-16(13)14/h3-6,9-10,12,14,19H,7-8,11H2,1-2H3. The van der Waals surface area contributed by atoms with Crippen LogP contribution in [0.4, 0.5) is 0 Å². The van der Waals surface area contributed by atoms with E-state index in [0.29, 0.717) is 17.6 Å². The second kappa shape index (κ2) is 5.31. The molecule has 2 unspecified atom stereocenters. The SMILES string of the molecule is CC1(C)C(=O)c2cc(Br)ccc2C1CC1CCc2ccccc21. The van der Waals surface area contributed by atoms with Gasteiger partial charge >= 0.3 is 0 Å². The second-order valence-corrected chi connectivity index (χ2v) is 8.42. The topological polar surface area (TPSA) is 17.1 Å². The van der Waals surface area contributed by atoms with Crippen molar-refractivity contribution in [2.45, 2.75) is 44.9 Å². The van der Waals surface area contributed by atoms with Crippen LogP contribution in [0.3, 0.4) is 0 Å².